The van der Waals surface area contributed by atoms with Gasteiger partial charge in [0.25, 0.3) is 11.8 Å². The molecule has 0 fully saturated rings. The number of aliphatic imine (C=N–C) groups is 1. The molecule has 98 heavy (non-hydrogen) atoms. The maximum Gasteiger partial charge on any atom is 0.678 e. The molecule has 0 bridgehead atoms. The minimum Gasteiger partial charge on any atom is -0.325 e. The second-order valence-corrected chi connectivity index (χ2v) is 31.1. The summed E-state index contributed by atoms with van der Waals surface area (Å²) in [5, 5.41) is 4.60. The van der Waals surface area contributed by atoms with Crippen molar-refractivity contribution in [2.24, 2.45) is 16.8 Å². The highest BCUT2D eigenvalue weighted by molar-refractivity contribution is 7.14. The summed E-state index contributed by atoms with van der Waals surface area (Å²) >= 11 is 6.58. The molecule has 518 valence electrons. The molecule has 5 aromatic heterocycles. The first-order valence-corrected chi connectivity index (χ1v) is 40.1. The second kappa shape index (κ2) is 37.1. The number of amides is 2. The molecule has 2 atom stereocenters. The van der Waals surface area contributed by atoms with Gasteiger partial charge in [-0.3, -0.25) is 23.1 Å². The fraction of sp³-hybridized carbons (Fsp3) is 0.464. The van der Waals surface area contributed by atoms with Crippen LogP contribution < -0.4 is 0 Å². The Hall–Kier alpha value is -6.65. The lowest BCUT2D eigenvalue weighted by atomic mass is 9.94. The summed E-state index contributed by atoms with van der Waals surface area (Å²) in [7, 11) is 1.17. The molecule has 0 N–H and O–H groups in total. The molecule has 8 heterocycles. The summed E-state index contributed by atoms with van der Waals surface area (Å²) in [4.78, 5) is 48.2. The Morgan fingerprint density at radius 1 is 0.602 bits per heavy atom. The van der Waals surface area contributed by atoms with Gasteiger partial charge in [-0.05, 0) is 227 Å². The number of carbonyl (C=O) groups excluding carboxylic acids is 2. The topological polar surface area (TPSA) is 61.2 Å². The molecule has 14 heteroatoms. The van der Waals surface area contributed by atoms with Crippen molar-refractivity contribution in [2.75, 3.05) is 33.7 Å². The molecular formula is C84H104BF2N5O2S4. The SMILES string of the molecule is CCCCCC(CC)CN1C(=O)C2=C(c3ccc(C#Cc4ccc(/C(=C5N=C(/C=C/c6scc(CCCC)c6CCCC)C=C/5C)c5c(C)cc(/C=C/c6scc(CCCC)c6CCCC)n5B(F)F)cc4)s3)N(CC(CC)CCCCC)C(=O)C2=C1c1ccc(C#CCN(C)C)s1. The van der Waals surface area contributed by atoms with Gasteiger partial charge in [0, 0.05) is 45.4 Å². The maximum atomic E-state index is 16.2. The average molecular weight is 1390 g/mol. The summed E-state index contributed by atoms with van der Waals surface area (Å²) < 4.78 is 33.6. The first kappa shape index (κ1) is 75.6. The first-order valence-electron chi connectivity index (χ1n) is 36.8. The van der Waals surface area contributed by atoms with Crippen LogP contribution in [0.3, 0.4) is 0 Å². The number of rotatable bonds is 36. The molecule has 3 aliphatic rings. The standard InChI is InChI=1S/C84H104BF2N5O2S4/c1-13-21-27-30-60(19-7)54-90-81(74-49-45-68(97-74)34-29-51-89(11)12)77-78(84(90)94)82(91(83(77)93)55-61(20-8)31-28-22-14-2)75-50-46-69(98-75)44-39-62-37-40-63(41-38-62)76(79-58(9)52-66(88-79)42-47-72-70(35-25-17-5)64(56-95-72)32-23-15-3)80-59(10)53-67(92(80)85(86)87)43-48-73-71(36-26-18-6)65(57-96-73)33-24-16-4/h37-38,40-43,45-50,52-53,56-57,60-61H,13-28,30-33,35-36,51,54-55H2,1-12H3/b47-42+,48-43+,79-76-. The number of allylic oxidation sites excluding steroid dienone is 3. The van der Waals surface area contributed by atoms with Crippen molar-refractivity contribution in [2.45, 2.75) is 210 Å². The summed E-state index contributed by atoms with van der Waals surface area (Å²) in [6.45, 7) is 23.5. The third-order valence-electron chi connectivity index (χ3n) is 19.3. The van der Waals surface area contributed by atoms with E-state index in [1.165, 1.54) is 42.9 Å². The van der Waals surface area contributed by atoms with Crippen LogP contribution in [0.5, 0.6) is 0 Å². The number of unbranched alkanes of at least 4 members (excludes halogenated alkanes) is 8. The van der Waals surface area contributed by atoms with Crippen LogP contribution in [0.4, 0.5) is 8.63 Å². The van der Waals surface area contributed by atoms with E-state index in [1.54, 1.807) is 34.0 Å². The summed E-state index contributed by atoms with van der Waals surface area (Å²) in [6.07, 6.45) is 34.0. The molecule has 2 unspecified atom stereocenters. The highest BCUT2D eigenvalue weighted by Gasteiger charge is 2.50. The highest BCUT2D eigenvalue weighted by Crippen LogP contribution is 2.50. The number of halogens is 2. The summed E-state index contributed by atoms with van der Waals surface area (Å²) in [5.74, 6) is 13.9. The van der Waals surface area contributed by atoms with Gasteiger partial charge in [-0.1, -0.05) is 168 Å². The Morgan fingerprint density at radius 2 is 1.10 bits per heavy atom. The fourth-order valence-electron chi connectivity index (χ4n) is 13.7. The molecule has 9 rings (SSSR count). The highest BCUT2D eigenvalue weighted by atomic mass is 32.1. The smallest absolute Gasteiger partial charge is 0.325 e. The summed E-state index contributed by atoms with van der Waals surface area (Å²) in [6, 6.07) is 18.0. The van der Waals surface area contributed by atoms with Crippen LogP contribution in [-0.2, 0) is 35.3 Å². The molecular weight excluding hydrogens is 1290 g/mol. The number of benzene rings is 1. The molecule has 1 aromatic carbocycles. The first-order chi connectivity index (χ1) is 47.6. The predicted molar refractivity (Wildman–Crippen MR) is 420 cm³/mol. The number of carbonyl (C=O) groups is 2. The van der Waals surface area contributed by atoms with Crippen molar-refractivity contribution in [3.05, 3.63) is 180 Å². The molecule has 7 nitrogen and oxygen atoms in total. The van der Waals surface area contributed by atoms with Gasteiger partial charge < -0.3 is 14.3 Å². The lowest BCUT2D eigenvalue weighted by molar-refractivity contribution is -0.124. The van der Waals surface area contributed by atoms with Crippen molar-refractivity contribution >= 4 is 105 Å². The van der Waals surface area contributed by atoms with Crippen LogP contribution in [0.2, 0.25) is 0 Å². The van der Waals surface area contributed by atoms with E-state index in [0.717, 1.165) is 194 Å². The Bertz CT molecular complexity index is 4090. The fourth-order valence-corrected chi connectivity index (χ4v) is 17.7. The van der Waals surface area contributed by atoms with Crippen LogP contribution in [0, 0.1) is 42.4 Å². The van der Waals surface area contributed by atoms with Crippen LogP contribution in [0.25, 0.3) is 35.2 Å². The van der Waals surface area contributed by atoms with E-state index in [1.807, 2.05) is 97.2 Å². The van der Waals surface area contributed by atoms with Gasteiger partial charge >= 0.3 is 7.40 Å². The molecule has 3 aliphatic heterocycles. The van der Waals surface area contributed by atoms with Crippen LogP contribution in [0.15, 0.2) is 105 Å². The lowest BCUT2D eigenvalue weighted by Gasteiger charge is -2.29. The number of aromatic nitrogens is 1. The van der Waals surface area contributed by atoms with Crippen molar-refractivity contribution in [3.8, 4) is 23.7 Å². The number of fused-ring (bicyclic) bond motifs is 1. The van der Waals surface area contributed by atoms with Gasteiger partial charge in [-0.25, -0.2) is 4.99 Å². The Labute approximate surface area is 602 Å². The lowest BCUT2D eigenvalue weighted by Crippen LogP contribution is -2.34. The number of nitrogens with zero attached hydrogens (tertiary/aromatic N) is 5. The Balaban J connectivity index is 1.12. The Kier molecular flexibility index (Phi) is 28.6. The predicted octanol–water partition coefficient (Wildman–Crippen LogP) is 22.6. The van der Waals surface area contributed by atoms with Gasteiger partial charge in [-0.2, -0.15) is 0 Å². The van der Waals surface area contributed by atoms with Gasteiger partial charge in [0.15, 0.2) is 0 Å². The number of thiophene rings is 4. The zero-order chi connectivity index (χ0) is 69.8. The van der Waals surface area contributed by atoms with Gasteiger partial charge in [0.2, 0.25) is 0 Å². The van der Waals surface area contributed by atoms with Crippen molar-refractivity contribution in [3.63, 3.8) is 0 Å². The minimum absolute atomic E-state index is 0.111. The van der Waals surface area contributed by atoms with E-state index in [0.29, 0.717) is 64.8 Å². The number of hydrogen-bond acceptors (Lipinski definition) is 8. The Morgan fingerprint density at radius 3 is 1.59 bits per heavy atom. The summed E-state index contributed by atoms with van der Waals surface area (Å²) in [5.41, 5.74) is 14.1. The van der Waals surface area contributed by atoms with Crippen LogP contribution >= 0.6 is 45.3 Å². The zero-order valence-corrected chi connectivity index (χ0v) is 63.9. The zero-order valence-electron chi connectivity index (χ0n) is 60.6. The number of hydrogen-bond donors (Lipinski definition) is 0. The molecule has 0 spiro atoms. The van der Waals surface area contributed by atoms with Crippen molar-refractivity contribution in [1.82, 2.24) is 19.2 Å². The van der Waals surface area contributed by atoms with E-state index in [9.17, 15) is 0 Å². The normalized spacial score (nSPS) is 15.2. The van der Waals surface area contributed by atoms with Gasteiger partial charge in [0.05, 0.1) is 60.0 Å². The largest absolute Gasteiger partial charge is 0.678 e. The minimum atomic E-state index is -2.84. The van der Waals surface area contributed by atoms with Gasteiger partial charge in [0.1, 0.15) is 0 Å². The monoisotopic (exact) mass is 1390 g/mol. The van der Waals surface area contributed by atoms with Crippen LogP contribution in [0.1, 0.15) is 257 Å². The van der Waals surface area contributed by atoms with E-state index >= 15 is 18.2 Å². The molecule has 0 radical (unpaired) electrons. The number of aryl methyl sites for hydroxylation is 3. The van der Waals surface area contributed by atoms with Gasteiger partial charge in [-0.15, -0.1) is 45.3 Å². The third kappa shape index (κ3) is 18.5. The molecule has 0 saturated heterocycles. The molecule has 2 amide bonds. The van der Waals surface area contributed by atoms with Crippen LogP contribution in [-0.4, -0.2) is 77.8 Å². The van der Waals surface area contributed by atoms with E-state index < -0.39 is 7.40 Å². The maximum absolute atomic E-state index is 16.2. The van der Waals surface area contributed by atoms with E-state index in [-0.39, 0.29) is 23.7 Å². The van der Waals surface area contributed by atoms with E-state index in [4.69, 9.17) is 4.99 Å². The van der Waals surface area contributed by atoms with E-state index in [2.05, 4.69) is 120 Å². The quantitative estimate of drug-likeness (QED) is 0.0224. The molecule has 0 aliphatic carbocycles. The average Bonchev–Trinajstić information content (AvgIpc) is 1.55. The van der Waals surface area contributed by atoms with Crippen molar-refractivity contribution < 1.29 is 18.2 Å². The molecule has 0 saturated carbocycles. The van der Waals surface area contributed by atoms with Crippen molar-refractivity contribution in [1.29, 1.82) is 0 Å². The second-order valence-electron chi connectivity index (χ2n) is 27.1. The third-order valence-corrected chi connectivity index (χ3v) is 23.4. The molecule has 6 aromatic rings.